The first kappa shape index (κ1) is 28.5. The van der Waals surface area contributed by atoms with E-state index < -0.39 is 34.7 Å². The summed E-state index contributed by atoms with van der Waals surface area (Å²) in [6, 6.07) is 8.01. The van der Waals surface area contributed by atoms with Gasteiger partial charge >= 0.3 is 6.18 Å². The molecule has 0 saturated carbocycles. The highest BCUT2D eigenvalue weighted by atomic mass is 19.4. The van der Waals surface area contributed by atoms with Crippen molar-refractivity contribution in [2.75, 3.05) is 30.0 Å². The number of hydrogen-bond acceptors (Lipinski definition) is 4. The third-order valence-electron chi connectivity index (χ3n) is 7.38. The quantitative estimate of drug-likeness (QED) is 0.371. The Labute approximate surface area is 223 Å². The van der Waals surface area contributed by atoms with E-state index in [9.17, 15) is 31.9 Å². The van der Waals surface area contributed by atoms with Gasteiger partial charge in [-0.2, -0.15) is 13.2 Å². The molecule has 1 fully saturated rings. The van der Waals surface area contributed by atoms with Crippen molar-refractivity contribution in [2.24, 2.45) is 0 Å². The molecule has 4 rings (SSSR count). The zero-order valence-electron chi connectivity index (χ0n) is 22.1. The number of benzene rings is 2. The molecular weight excluding hydrogens is 517 g/mol. The summed E-state index contributed by atoms with van der Waals surface area (Å²) in [6.07, 6.45) is -1.62. The van der Waals surface area contributed by atoms with Crippen molar-refractivity contribution < 1.29 is 31.9 Å². The Bertz CT molecular complexity index is 1390. The number of aliphatic hydroxyl groups excluding tert-OH is 1. The molecule has 1 saturated heterocycles. The molecule has 1 N–H and O–H groups in total. The molecule has 0 aliphatic carbocycles. The highest BCUT2D eigenvalue weighted by molar-refractivity contribution is 6.03. The van der Waals surface area contributed by atoms with Crippen LogP contribution in [-0.4, -0.2) is 42.2 Å². The molecule has 1 aliphatic heterocycles. The van der Waals surface area contributed by atoms with Gasteiger partial charge in [-0.1, -0.05) is 6.07 Å². The van der Waals surface area contributed by atoms with Gasteiger partial charge in [0.05, 0.1) is 35.5 Å². The summed E-state index contributed by atoms with van der Waals surface area (Å²) in [5.74, 6) is -1.54. The summed E-state index contributed by atoms with van der Waals surface area (Å²) in [4.78, 5) is 21.6. The minimum Gasteiger partial charge on any atom is -0.394 e. The number of aliphatic hydroxyl groups is 1. The predicted octanol–water partition coefficient (Wildman–Crippen LogP) is 6.26. The van der Waals surface area contributed by atoms with Gasteiger partial charge in [-0.05, 0) is 86.7 Å². The lowest BCUT2D eigenvalue weighted by Gasteiger charge is -2.32. The predicted molar refractivity (Wildman–Crippen MR) is 140 cm³/mol. The molecule has 1 atom stereocenters. The van der Waals surface area contributed by atoms with Gasteiger partial charge in [0, 0.05) is 19.2 Å². The molecule has 39 heavy (non-hydrogen) atoms. The SMILES string of the molecule is Cc1cc(F)ccc1-c1cc(N2CCC[C@H]2CO)ncc1N(C)C(=O)C(C)(C)c1cc(F)cc(C(F)(F)F)c1. The number of alkyl halides is 3. The lowest BCUT2D eigenvalue weighted by Crippen LogP contribution is -2.42. The molecule has 2 heterocycles. The van der Waals surface area contributed by atoms with Gasteiger partial charge in [0.2, 0.25) is 5.91 Å². The first-order valence-corrected chi connectivity index (χ1v) is 12.5. The van der Waals surface area contributed by atoms with Crippen molar-refractivity contribution in [3.63, 3.8) is 0 Å². The number of carbonyl (C=O) groups excluding carboxylic acids is 1. The molecule has 5 nitrogen and oxygen atoms in total. The second-order valence-corrected chi connectivity index (χ2v) is 10.4. The lowest BCUT2D eigenvalue weighted by molar-refractivity contribution is -0.138. The van der Waals surface area contributed by atoms with Gasteiger partial charge in [-0.3, -0.25) is 4.79 Å². The Morgan fingerprint density at radius 1 is 1.05 bits per heavy atom. The van der Waals surface area contributed by atoms with E-state index in [0.29, 0.717) is 40.8 Å². The molecule has 10 heteroatoms. The van der Waals surface area contributed by atoms with Gasteiger partial charge < -0.3 is 14.9 Å². The van der Waals surface area contributed by atoms with Gasteiger partial charge in [-0.25, -0.2) is 13.8 Å². The summed E-state index contributed by atoms with van der Waals surface area (Å²) in [6.45, 7) is 5.23. The van der Waals surface area contributed by atoms with Crippen molar-refractivity contribution in [2.45, 2.75) is 51.2 Å². The van der Waals surface area contributed by atoms with Crippen LogP contribution in [0.25, 0.3) is 11.1 Å². The van der Waals surface area contributed by atoms with Crippen LogP contribution in [0.3, 0.4) is 0 Å². The maximum atomic E-state index is 14.2. The minimum absolute atomic E-state index is 0.0472. The normalized spacial score (nSPS) is 16.1. The number of pyridine rings is 1. The molecule has 1 amide bonds. The van der Waals surface area contributed by atoms with Crippen LogP contribution in [0.2, 0.25) is 0 Å². The van der Waals surface area contributed by atoms with E-state index in [-0.39, 0.29) is 18.2 Å². The lowest BCUT2D eigenvalue weighted by atomic mass is 9.82. The smallest absolute Gasteiger partial charge is 0.394 e. The second-order valence-electron chi connectivity index (χ2n) is 10.4. The number of anilines is 2. The summed E-state index contributed by atoms with van der Waals surface area (Å²) < 4.78 is 68.3. The van der Waals surface area contributed by atoms with Crippen LogP contribution in [-0.2, 0) is 16.4 Å². The van der Waals surface area contributed by atoms with E-state index >= 15 is 0 Å². The third-order valence-corrected chi connectivity index (χ3v) is 7.38. The molecule has 0 unspecified atom stereocenters. The maximum absolute atomic E-state index is 14.2. The average molecular weight is 548 g/mol. The number of rotatable bonds is 6. The number of hydrogen-bond donors (Lipinski definition) is 1. The highest BCUT2D eigenvalue weighted by Crippen LogP contribution is 2.39. The van der Waals surface area contributed by atoms with Gasteiger partial charge in [-0.15, -0.1) is 0 Å². The second kappa shape index (κ2) is 10.6. The van der Waals surface area contributed by atoms with Gasteiger partial charge in [0.15, 0.2) is 0 Å². The summed E-state index contributed by atoms with van der Waals surface area (Å²) in [7, 11) is 1.47. The molecule has 0 bridgehead atoms. The number of likely N-dealkylation sites (N-methyl/N-ethyl adjacent to an activating group) is 1. The fourth-order valence-corrected chi connectivity index (χ4v) is 5.10. The highest BCUT2D eigenvalue weighted by Gasteiger charge is 2.38. The Morgan fingerprint density at radius 2 is 1.74 bits per heavy atom. The largest absolute Gasteiger partial charge is 0.416 e. The van der Waals surface area contributed by atoms with E-state index in [1.807, 2.05) is 4.90 Å². The number of carbonyl (C=O) groups is 1. The molecule has 0 radical (unpaired) electrons. The maximum Gasteiger partial charge on any atom is 0.416 e. The summed E-state index contributed by atoms with van der Waals surface area (Å²) in [5, 5.41) is 9.80. The summed E-state index contributed by atoms with van der Waals surface area (Å²) in [5.41, 5.74) is -0.702. The molecule has 1 aliphatic rings. The van der Waals surface area contributed by atoms with E-state index in [1.54, 1.807) is 19.1 Å². The minimum atomic E-state index is -4.78. The Morgan fingerprint density at radius 3 is 2.38 bits per heavy atom. The molecule has 0 spiro atoms. The van der Waals surface area contributed by atoms with Crippen LogP contribution < -0.4 is 9.80 Å². The Hall–Kier alpha value is -3.53. The standard InChI is InChI=1S/C29H30F5N3O2/c1-17-10-20(30)7-8-23(17)24-14-26(37-9-5-6-22(37)16-38)35-15-25(24)36(4)27(39)28(2,3)18-11-19(29(32,33)34)13-21(31)12-18/h7-8,10-15,22,38H,5-6,9,16H2,1-4H3/t22-/m0/s1. The van der Waals surface area contributed by atoms with Crippen molar-refractivity contribution >= 4 is 17.4 Å². The van der Waals surface area contributed by atoms with Crippen molar-refractivity contribution in [1.82, 2.24) is 4.98 Å². The zero-order valence-corrected chi connectivity index (χ0v) is 22.1. The Kier molecular flexibility index (Phi) is 7.71. The zero-order chi connectivity index (χ0) is 28.7. The molecule has 3 aromatic rings. The first-order chi connectivity index (χ1) is 18.2. The Balaban J connectivity index is 1.80. The third kappa shape index (κ3) is 5.61. The molecule has 1 aromatic heterocycles. The van der Waals surface area contributed by atoms with Gasteiger partial charge in [0.1, 0.15) is 17.5 Å². The fraction of sp³-hybridized carbons (Fsp3) is 0.379. The van der Waals surface area contributed by atoms with Crippen LogP contribution in [0.15, 0.2) is 48.7 Å². The molecular formula is C29H30F5N3O2. The fourth-order valence-electron chi connectivity index (χ4n) is 5.10. The number of aromatic nitrogens is 1. The van der Waals surface area contributed by atoms with Crippen LogP contribution in [0.5, 0.6) is 0 Å². The monoisotopic (exact) mass is 547 g/mol. The first-order valence-electron chi connectivity index (χ1n) is 12.5. The number of nitrogens with zero attached hydrogens (tertiary/aromatic N) is 3. The molecule has 208 valence electrons. The van der Waals surface area contributed by atoms with E-state index in [4.69, 9.17) is 0 Å². The van der Waals surface area contributed by atoms with Crippen LogP contribution >= 0.6 is 0 Å². The van der Waals surface area contributed by atoms with Crippen molar-refractivity contribution in [3.8, 4) is 11.1 Å². The number of amides is 1. The van der Waals surface area contributed by atoms with E-state index in [0.717, 1.165) is 25.0 Å². The average Bonchev–Trinajstić information content (AvgIpc) is 3.35. The van der Waals surface area contributed by atoms with Crippen LogP contribution in [0, 0.1) is 18.6 Å². The van der Waals surface area contributed by atoms with Crippen molar-refractivity contribution in [1.29, 1.82) is 0 Å². The van der Waals surface area contributed by atoms with Crippen LogP contribution in [0.4, 0.5) is 33.5 Å². The summed E-state index contributed by atoms with van der Waals surface area (Å²) >= 11 is 0. The van der Waals surface area contributed by atoms with Crippen LogP contribution in [0.1, 0.15) is 43.4 Å². The topological polar surface area (TPSA) is 56.7 Å². The van der Waals surface area contributed by atoms with Crippen molar-refractivity contribution in [3.05, 3.63) is 77.0 Å². The van der Waals surface area contributed by atoms with E-state index in [1.165, 1.54) is 44.1 Å². The number of halogens is 5. The molecule has 2 aromatic carbocycles. The van der Waals surface area contributed by atoms with E-state index in [2.05, 4.69) is 4.98 Å². The number of aryl methyl sites for hydroxylation is 1. The van der Waals surface area contributed by atoms with Gasteiger partial charge in [0.25, 0.3) is 0 Å².